The number of halogens is 2. The molecule has 1 fully saturated rings. The molecule has 1 aromatic heterocycles. The highest BCUT2D eigenvalue weighted by atomic mass is 79.9. The maximum absolute atomic E-state index is 12.8. The first-order valence-electron chi connectivity index (χ1n) is 13.5. The summed E-state index contributed by atoms with van der Waals surface area (Å²) >= 11 is 7.55. The molecule has 10 nitrogen and oxygen atoms in total. The van der Waals surface area contributed by atoms with Gasteiger partial charge in [0.15, 0.2) is 0 Å². The highest BCUT2D eigenvalue weighted by Crippen LogP contribution is 2.48. The predicted octanol–water partition coefficient (Wildman–Crippen LogP) is 4.73. The van der Waals surface area contributed by atoms with Crippen molar-refractivity contribution in [2.24, 2.45) is 0 Å². The fourth-order valence-electron chi connectivity index (χ4n) is 5.05. The van der Waals surface area contributed by atoms with Gasteiger partial charge in [-0.25, -0.2) is 4.98 Å². The van der Waals surface area contributed by atoms with Gasteiger partial charge in [-0.2, -0.15) is 4.98 Å². The molecule has 2 aliphatic heterocycles. The van der Waals surface area contributed by atoms with E-state index in [-0.39, 0.29) is 18.0 Å². The molecule has 2 aliphatic rings. The van der Waals surface area contributed by atoms with Crippen molar-refractivity contribution in [3.05, 3.63) is 38.9 Å². The van der Waals surface area contributed by atoms with Crippen LogP contribution in [0.2, 0.25) is 0 Å². The van der Waals surface area contributed by atoms with E-state index in [9.17, 15) is 4.79 Å². The minimum absolute atomic E-state index is 0.0723. The van der Waals surface area contributed by atoms with Gasteiger partial charge in [0.25, 0.3) is 0 Å². The molecule has 4 rings (SSSR count). The number of piperidine rings is 1. The molecule has 0 atom stereocenters. The lowest BCUT2D eigenvalue weighted by atomic mass is 10.0. The molecule has 3 heterocycles. The largest absolute Gasteiger partial charge is 0.495 e. The van der Waals surface area contributed by atoms with Crippen molar-refractivity contribution in [2.75, 3.05) is 69.7 Å². The highest BCUT2D eigenvalue weighted by molar-refractivity contribution is 9.11. The number of methoxy groups -OCH3 is 2. The number of likely N-dealkylation sites (N-methyl/N-ethyl adjacent to an activating group) is 1. The molecule has 1 aromatic carbocycles. The lowest BCUT2D eigenvalue weighted by molar-refractivity contribution is -0.127. The first-order valence-corrected chi connectivity index (χ1v) is 15.1. The number of anilines is 3. The molecule has 1 saturated heterocycles. The Bertz CT molecular complexity index is 1200. The van der Waals surface area contributed by atoms with Gasteiger partial charge in [0.1, 0.15) is 17.3 Å². The van der Waals surface area contributed by atoms with Crippen LogP contribution in [-0.4, -0.2) is 92.4 Å². The molecule has 0 bridgehead atoms. The van der Waals surface area contributed by atoms with Gasteiger partial charge in [-0.15, -0.1) is 0 Å². The molecule has 1 N–H and O–H groups in total. The van der Waals surface area contributed by atoms with E-state index >= 15 is 0 Å². The Labute approximate surface area is 254 Å². The minimum atomic E-state index is 0.0723. The van der Waals surface area contributed by atoms with E-state index in [2.05, 4.69) is 65.8 Å². The number of hydrogen-bond donors (Lipinski definition) is 1. The molecule has 0 saturated carbocycles. The zero-order valence-corrected chi connectivity index (χ0v) is 27.2. The van der Waals surface area contributed by atoms with E-state index in [1.165, 1.54) is 0 Å². The Hall–Kier alpha value is -2.57. The predicted molar refractivity (Wildman–Crippen MR) is 167 cm³/mol. The van der Waals surface area contributed by atoms with Crippen LogP contribution in [0.25, 0.3) is 0 Å². The summed E-state index contributed by atoms with van der Waals surface area (Å²) in [6.45, 7) is 7.53. The number of ether oxygens (including phenoxy) is 2. The number of nitrogens with zero attached hydrogens (tertiary/aromatic N) is 6. The van der Waals surface area contributed by atoms with Crippen LogP contribution in [0.5, 0.6) is 11.5 Å². The number of carbonyl (C=O) groups excluding carboxylic acids is 1. The smallest absolute Gasteiger partial charge is 0.246 e. The molecule has 2 aromatic rings. The SMILES string of the molecule is COc1cc(OC)c(Br)c(N2Cc3cnc(NC(C)C)nc3N(C3CCN(C(=O)/C=C/CN(C)C)CC3)C2)c1Br. The Morgan fingerprint density at radius 2 is 1.82 bits per heavy atom. The Balaban J connectivity index is 1.64. The number of likely N-dealkylation sites (tertiary alicyclic amines) is 1. The van der Waals surface area contributed by atoms with Gasteiger partial charge >= 0.3 is 0 Å². The molecular formula is C28H39Br2N7O3. The maximum Gasteiger partial charge on any atom is 0.246 e. The number of benzene rings is 1. The van der Waals surface area contributed by atoms with Gasteiger partial charge in [0.05, 0.1) is 35.5 Å². The zero-order chi connectivity index (χ0) is 29.0. The second-order valence-corrected chi connectivity index (χ2v) is 12.2. The van der Waals surface area contributed by atoms with Crippen molar-refractivity contribution in [3.8, 4) is 11.5 Å². The van der Waals surface area contributed by atoms with Crippen LogP contribution < -0.4 is 24.6 Å². The number of fused-ring (bicyclic) bond motifs is 1. The molecule has 40 heavy (non-hydrogen) atoms. The van der Waals surface area contributed by atoms with Crippen molar-refractivity contribution in [3.63, 3.8) is 0 Å². The molecule has 0 aliphatic carbocycles. The van der Waals surface area contributed by atoms with Gasteiger partial charge in [-0.1, -0.05) is 6.08 Å². The number of carbonyl (C=O) groups is 1. The molecule has 0 unspecified atom stereocenters. The Morgan fingerprint density at radius 1 is 1.18 bits per heavy atom. The highest BCUT2D eigenvalue weighted by Gasteiger charge is 2.35. The van der Waals surface area contributed by atoms with Crippen LogP contribution >= 0.6 is 31.9 Å². The summed E-state index contributed by atoms with van der Waals surface area (Å²) in [5.74, 6) is 3.01. The summed E-state index contributed by atoms with van der Waals surface area (Å²) < 4.78 is 13.0. The van der Waals surface area contributed by atoms with Gasteiger partial charge in [-0.3, -0.25) is 4.79 Å². The third-order valence-electron chi connectivity index (χ3n) is 7.03. The number of rotatable bonds is 9. The molecule has 218 valence electrons. The van der Waals surface area contributed by atoms with Crippen LogP contribution in [-0.2, 0) is 11.3 Å². The summed E-state index contributed by atoms with van der Waals surface area (Å²) in [6, 6.07) is 2.29. The first-order chi connectivity index (χ1) is 19.1. The second-order valence-electron chi connectivity index (χ2n) is 10.6. The summed E-state index contributed by atoms with van der Waals surface area (Å²) in [5.41, 5.74) is 1.97. The van der Waals surface area contributed by atoms with E-state index in [0.717, 1.165) is 45.4 Å². The maximum atomic E-state index is 12.8. The fraction of sp³-hybridized carbons (Fsp3) is 0.536. The van der Waals surface area contributed by atoms with Crippen LogP contribution in [0.4, 0.5) is 17.5 Å². The van der Waals surface area contributed by atoms with Gasteiger partial charge in [0.2, 0.25) is 11.9 Å². The van der Waals surface area contributed by atoms with Crippen molar-refractivity contribution in [1.82, 2.24) is 19.8 Å². The van der Waals surface area contributed by atoms with Gasteiger partial charge in [-0.05, 0) is 72.6 Å². The normalized spacial score (nSPS) is 16.2. The number of nitrogens with one attached hydrogen (secondary N) is 1. The van der Waals surface area contributed by atoms with E-state index in [4.69, 9.17) is 14.5 Å². The summed E-state index contributed by atoms with van der Waals surface area (Å²) in [6.07, 6.45) is 7.23. The number of hydrogen-bond acceptors (Lipinski definition) is 9. The number of amides is 1. The zero-order valence-electron chi connectivity index (χ0n) is 24.1. The quantitative estimate of drug-likeness (QED) is 0.378. The molecule has 0 spiro atoms. The third kappa shape index (κ3) is 6.83. The van der Waals surface area contributed by atoms with Gasteiger partial charge in [0, 0.05) is 62.2 Å². The molecule has 12 heteroatoms. The van der Waals surface area contributed by atoms with E-state index < -0.39 is 0 Å². The summed E-state index contributed by atoms with van der Waals surface area (Å²) in [5, 5.41) is 3.34. The average molecular weight is 681 g/mol. The topological polar surface area (TPSA) is 86.3 Å². The van der Waals surface area contributed by atoms with Crippen LogP contribution in [0, 0.1) is 0 Å². The summed E-state index contributed by atoms with van der Waals surface area (Å²) in [7, 11) is 7.28. The van der Waals surface area contributed by atoms with Gasteiger partial charge < -0.3 is 34.4 Å². The first kappa shape index (κ1) is 30.4. The van der Waals surface area contributed by atoms with E-state index in [0.29, 0.717) is 43.8 Å². The molecule has 1 amide bonds. The molecule has 0 radical (unpaired) electrons. The van der Waals surface area contributed by atoms with Crippen LogP contribution in [0.3, 0.4) is 0 Å². The lowest BCUT2D eigenvalue weighted by Crippen LogP contribution is -2.52. The monoisotopic (exact) mass is 679 g/mol. The molecular weight excluding hydrogens is 642 g/mol. The fourth-order valence-corrected chi connectivity index (χ4v) is 6.77. The Kier molecular flexibility index (Phi) is 10.2. The van der Waals surface area contributed by atoms with Crippen molar-refractivity contribution in [1.29, 1.82) is 0 Å². The average Bonchev–Trinajstić information content (AvgIpc) is 2.92. The van der Waals surface area contributed by atoms with Crippen molar-refractivity contribution in [2.45, 2.75) is 45.3 Å². The van der Waals surface area contributed by atoms with Crippen LogP contribution in [0.1, 0.15) is 32.3 Å². The Morgan fingerprint density at radius 3 is 2.40 bits per heavy atom. The minimum Gasteiger partial charge on any atom is -0.495 e. The standard InChI is InChI=1S/C28H39Br2N7O3/c1-18(2)32-28-31-15-19-16-36(26-24(29)21(39-5)14-22(40-6)25(26)30)17-37(27(19)33-28)20-9-12-35(13-10-20)23(38)8-7-11-34(3)4/h7-8,14-15,18,20H,9-13,16-17H2,1-6H3,(H,31,32,33)/b8-7+. The van der Waals surface area contributed by atoms with Crippen LogP contribution in [0.15, 0.2) is 33.4 Å². The third-order valence-corrected chi connectivity index (χ3v) is 8.56. The summed E-state index contributed by atoms with van der Waals surface area (Å²) in [4.78, 5) is 31.0. The number of aromatic nitrogens is 2. The van der Waals surface area contributed by atoms with E-state index in [1.54, 1.807) is 20.3 Å². The van der Waals surface area contributed by atoms with E-state index in [1.807, 2.05) is 42.2 Å². The lowest BCUT2D eigenvalue weighted by Gasteiger charge is -2.45. The second kappa shape index (κ2) is 13.4. The van der Waals surface area contributed by atoms with Crippen molar-refractivity contribution >= 4 is 55.2 Å². The van der Waals surface area contributed by atoms with Crippen molar-refractivity contribution < 1.29 is 14.3 Å².